The molecular weight excluding hydrogens is 335 g/mol. The largest absolute Gasteiger partial charge is 0.396 e. The van der Waals surface area contributed by atoms with E-state index in [9.17, 15) is 9.18 Å². The van der Waals surface area contributed by atoms with E-state index in [1.807, 2.05) is 0 Å². The standard InChI is InChI=1S/C13H9BrClFN2O/c14-12-8(15)2-1-3-11(12)18-13(19)7-4-5-10(17)9(16)6-7/h1-6H,17H2,(H,18,19). The van der Waals surface area contributed by atoms with Gasteiger partial charge in [0.05, 0.1) is 20.9 Å². The molecule has 0 spiro atoms. The number of carbonyl (C=O) groups is 1. The summed E-state index contributed by atoms with van der Waals surface area (Å²) in [6.07, 6.45) is 0. The highest BCUT2D eigenvalue weighted by Crippen LogP contribution is 2.30. The zero-order valence-electron chi connectivity index (χ0n) is 9.58. The minimum absolute atomic E-state index is 0.000450. The van der Waals surface area contributed by atoms with E-state index in [1.54, 1.807) is 18.2 Å². The Hall–Kier alpha value is -1.59. The van der Waals surface area contributed by atoms with Crippen molar-refractivity contribution in [3.8, 4) is 0 Å². The van der Waals surface area contributed by atoms with Gasteiger partial charge in [0.2, 0.25) is 0 Å². The summed E-state index contributed by atoms with van der Waals surface area (Å²) in [5, 5.41) is 3.11. The molecule has 0 saturated heterocycles. The Morgan fingerprint density at radius 2 is 2.05 bits per heavy atom. The number of rotatable bonds is 2. The van der Waals surface area contributed by atoms with Crippen molar-refractivity contribution in [3.63, 3.8) is 0 Å². The van der Waals surface area contributed by atoms with E-state index in [-0.39, 0.29) is 11.3 Å². The van der Waals surface area contributed by atoms with E-state index < -0.39 is 11.7 Å². The summed E-state index contributed by atoms with van der Waals surface area (Å²) in [5.41, 5.74) is 6.04. The van der Waals surface area contributed by atoms with Crippen LogP contribution < -0.4 is 11.1 Å². The minimum Gasteiger partial charge on any atom is -0.396 e. The molecule has 0 unspecified atom stereocenters. The maximum absolute atomic E-state index is 13.3. The van der Waals surface area contributed by atoms with Crippen LogP contribution in [0.3, 0.4) is 0 Å². The molecule has 0 saturated carbocycles. The molecule has 19 heavy (non-hydrogen) atoms. The fraction of sp³-hybridized carbons (Fsp3) is 0. The normalized spacial score (nSPS) is 10.3. The molecule has 0 atom stereocenters. The molecule has 0 aromatic heterocycles. The Balaban J connectivity index is 2.26. The summed E-state index contributed by atoms with van der Waals surface area (Å²) < 4.78 is 13.9. The smallest absolute Gasteiger partial charge is 0.255 e. The molecule has 0 bridgehead atoms. The number of hydrogen-bond donors (Lipinski definition) is 2. The lowest BCUT2D eigenvalue weighted by Gasteiger charge is -2.08. The number of amides is 1. The molecule has 0 aliphatic carbocycles. The number of hydrogen-bond acceptors (Lipinski definition) is 2. The number of nitrogens with two attached hydrogens (primary N) is 1. The fourth-order valence-electron chi connectivity index (χ4n) is 1.46. The van der Waals surface area contributed by atoms with Gasteiger partial charge >= 0.3 is 0 Å². The van der Waals surface area contributed by atoms with Crippen LogP contribution in [-0.4, -0.2) is 5.91 Å². The molecule has 0 heterocycles. The van der Waals surface area contributed by atoms with Gasteiger partial charge in [-0.3, -0.25) is 4.79 Å². The first kappa shape index (κ1) is 13.8. The van der Waals surface area contributed by atoms with Crippen molar-refractivity contribution < 1.29 is 9.18 Å². The summed E-state index contributed by atoms with van der Waals surface area (Å²) in [7, 11) is 0. The number of halogens is 3. The zero-order valence-corrected chi connectivity index (χ0v) is 11.9. The Labute approximate surface area is 122 Å². The average Bonchev–Trinajstić information content (AvgIpc) is 2.38. The fourth-order valence-corrected chi connectivity index (χ4v) is 2.00. The molecule has 2 aromatic rings. The van der Waals surface area contributed by atoms with Crippen LogP contribution >= 0.6 is 27.5 Å². The average molecular weight is 344 g/mol. The van der Waals surface area contributed by atoms with Gasteiger partial charge in [-0.2, -0.15) is 0 Å². The Morgan fingerprint density at radius 3 is 2.74 bits per heavy atom. The van der Waals surface area contributed by atoms with Crippen LogP contribution in [0.4, 0.5) is 15.8 Å². The Kier molecular flexibility index (Phi) is 4.07. The number of benzene rings is 2. The third kappa shape index (κ3) is 3.05. The van der Waals surface area contributed by atoms with Crippen molar-refractivity contribution in [3.05, 3.63) is 57.3 Å². The summed E-state index contributed by atoms with van der Waals surface area (Å²) in [6.45, 7) is 0. The molecule has 2 aromatic carbocycles. The second kappa shape index (κ2) is 5.59. The lowest BCUT2D eigenvalue weighted by molar-refractivity contribution is 0.102. The van der Waals surface area contributed by atoms with E-state index in [4.69, 9.17) is 17.3 Å². The third-order valence-corrected chi connectivity index (χ3v) is 3.86. The Morgan fingerprint density at radius 1 is 1.32 bits per heavy atom. The summed E-state index contributed by atoms with van der Waals surface area (Å²) in [6, 6.07) is 8.95. The molecule has 1 amide bonds. The molecule has 0 aliphatic heterocycles. The van der Waals surface area contributed by atoms with Gasteiger partial charge in [-0.15, -0.1) is 0 Å². The summed E-state index contributed by atoms with van der Waals surface area (Å²) in [5.74, 6) is -1.07. The first-order valence-electron chi connectivity index (χ1n) is 5.29. The molecule has 0 radical (unpaired) electrons. The summed E-state index contributed by atoms with van der Waals surface area (Å²) >= 11 is 9.18. The lowest BCUT2D eigenvalue weighted by atomic mass is 10.2. The van der Waals surface area contributed by atoms with Gasteiger partial charge in [0, 0.05) is 5.56 Å². The maximum Gasteiger partial charge on any atom is 0.255 e. The van der Waals surface area contributed by atoms with Crippen LogP contribution in [0.15, 0.2) is 40.9 Å². The molecule has 6 heteroatoms. The number of carbonyl (C=O) groups excluding carboxylic acids is 1. The molecule has 3 nitrogen and oxygen atoms in total. The van der Waals surface area contributed by atoms with Crippen LogP contribution in [-0.2, 0) is 0 Å². The van der Waals surface area contributed by atoms with Gasteiger partial charge in [0.15, 0.2) is 0 Å². The van der Waals surface area contributed by atoms with Gasteiger partial charge in [-0.1, -0.05) is 17.7 Å². The third-order valence-electron chi connectivity index (χ3n) is 2.46. The molecule has 2 rings (SSSR count). The molecule has 0 fully saturated rings. The molecule has 0 aliphatic rings. The highest BCUT2D eigenvalue weighted by molar-refractivity contribution is 9.10. The van der Waals surface area contributed by atoms with Crippen molar-refractivity contribution >= 4 is 44.8 Å². The minimum atomic E-state index is -0.627. The van der Waals surface area contributed by atoms with E-state index >= 15 is 0 Å². The van der Waals surface area contributed by atoms with Crippen LogP contribution in [0.1, 0.15) is 10.4 Å². The number of nitrogen functional groups attached to an aromatic ring is 1. The van der Waals surface area contributed by atoms with Crippen LogP contribution in [0, 0.1) is 5.82 Å². The van der Waals surface area contributed by atoms with Gasteiger partial charge in [-0.25, -0.2) is 4.39 Å². The number of anilines is 2. The Bertz CT molecular complexity index is 649. The van der Waals surface area contributed by atoms with Crippen molar-refractivity contribution in [2.75, 3.05) is 11.1 Å². The molecule has 98 valence electrons. The lowest BCUT2D eigenvalue weighted by Crippen LogP contribution is -2.12. The monoisotopic (exact) mass is 342 g/mol. The second-order valence-corrected chi connectivity index (χ2v) is 4.99. The van der Waals surface area contributed by atoms with Crippen molar-refractivity contribution in [2.45, 2.75) is 0 Å². The quantitative estimate of drug-likeness (QED) is 0.807. The highest BCUT2D eigenvalue weighted by Gasteiger charge is 2.11. The number of nitrogens with one attached hydrogen (secondary N) is 1. The topological polar surface area (TPSA) is 55.1 Å². The first-order chi connectivity index (χ1) is 8.99. The zero-order chi connectivity index (χ0) is 14.0. The van der Waals surface area contributed by atoms with Crippen LogP contribution in [0.2, 0.25) is 5.02 Å². The predicted molar refractivity (Wildman–Crippen MR) is 77.9 cm³/mol. The van der Waals surface area contributed by atoms with Crippen LogP contribution in [0.5, 0.6) is 0 Å². The van der Waals surface area contributed by atoms with Crippen molar-refractivity contribution in [1.82, 2.24) is 0 Å². The molecule has 3 N–H and O–H groups in total. The molecular formula is C13H9BrClFN2O. The van der Waals surface area contributed by atoms with E-state index in [0.717, 1.165) is 6.07 Å². The van der Waals surface area contributed by atoms with Gasteiger partial charge < -0.3 is 11.1 Å². The van der Waals surface area contributed by atoms with Gasteiger partial charge in [0.25, 0.3) is 5.91 Å². The van der Waals surface area contributed by atoms with Gasteiger partial charge in [-0.05, 0) is 46.3 Å². The second-order valence-electron chi connectivity index (χ2n) is 3.79. The van der Waals surface area contributed by atoms with Crippen LogP contribution in [0.25, 0.3) is 0 Å². The van der Waals surface area contributed by atoms with E-state index in [1.165, 1.54) is 12.1 Å². The van der Waals surface area contributed by atoms with E-state index in [2.05, 4.69) is 21.2 Å². The maximum atomic E-state index is 13.3. The van der Waals surface area contributed by atoms with E-state index in [0.29, 0.717) is 15.2 Å². The van der Waals surface area contributed by atoms with Gasteiger partial charge in [0.1, 0.15) is 5.82 Å². The summed E-state index contributed by atoms with van der Waals surface area (Å²) in [4.78, 5) is 12.0. The van der Waals surface area contributed by atoms with Crippen molar-refractivity contribution in [1.29, 1.82) is 0 Å². The predicted octanol–water partition coefficient (Wildman–Crippen LogP) is 4.08. The highest BCUT2D eigenvalue weighted by atomic mass is 79.9. The SMILES string of the molecule is Nc1ccc(C(=O)Nc2cccc(Cl)c2Br)cc1F. The van der Waals surface area contributed by atoms with Crippen molar-refractivity contribution in [2.24, 2.45) is 0 Å². The first-order valence-corrected chi connectivity index (χ1v) is 6.46.